The zero-order chi connectivity index (χ0) is 20.3. The van der Waals surface area contributed by atoms with Crippen LogP contribution in [0, 0.1) is 0 Å². The molecule has 1 aromatic carbocycles. The molecule has 0 spiro atoms. The van der Waals surface area contributed by atoms with Gasteiger partial charge in [-0.05, 0) is 48.7 Å². The van der Waals surface area contributed by atoms with E-state index in [1.807, 2.05) is 53.1 Å². The summed E-state index contributed by atoms with van der Waals surface area (Å²) in [6, 6.07) is 14.1. The third-order valence-corrected chi connectivity index (χ3v) is 5.51. The number of rotatable bonds is 5. The Morgan fingerprint density at radius 2 is 1.90 bits per heavy atom. The van der Waals surface area contributed by atoms with E-state index in [1.165, 1.54) is 0 Å². The number of pyridine rings is 1. The minimum Gasteiger partial charge on any atom is -0.381 e. The molecule has 1 N–H and O–H groups in total. The molecule has 7 nitrogen and oxygen atoms in total. The maximum atomic E-state index is 5.98. The minimum absolute atomic E-state index is 0.350. The molecule has 0 radical (unpaired) electrons. The van der Waals surface area contributed by atoms with Gasteiger partial charge in [0.25, 0.3) is 0 Å². The molecule has 0 unspecified atom stereocenters. The Balaban J connectivity index is 1.37. The molecule has 8 heteroatoms. The fraction of sp³-hybridized carbons (Fsp3) is 0.273. The van der Waals surface area contributed by atoms with E-state index in [4.69, 9.17) is 21.3 Å². The molecule has 4 heterocycles. The summed E-state index contributed by atoms with van der Waals surface area (Å²) >= 11 is 5.98. The molecule has 30 heavy (non-hydrogen) atoms. The highest BCUT2D eigenvalue weighted by molar-refractivity contribution is 6.30. The van der Waals surface area contributed by atoms with Crippen LogP contribution < -0.4 is 5.32 Å². The predicted molar refractivity (Wildman–Crippen MR) is 116 cm³/mol. The zero-order valence-electron chi connectivity index (χ0n) is 16.3. The molecule has 1 fully saturated rings. The molecule has 0 amide bonds. The van der Waals surface area contributed by atoms with Crippen molar-refractivity contribution in [2.24, 2.45) is 0 Å². The highest BCUT2D eigenvalue weighted by Gasteiger charge is 2.15. The van der Waals surface area contributed by atoms with E-state index in [0.29, 0.717) is 18.4 Å². The SMILES string of the molecule is Clc1ccc(Cc2nnc3cc(-c4ccnc(NC5CCOCC5)n4)ccn23)cc1. The van der Waals surface area contributed by atoms with Gasteiger partial charge < -0.3 is 10.1 Å². The standard InChI is InChI=1S/C22H21ClN6O/c23-17-3-1-15(2-4-17)13-20-27-28-21-14-16(6-10-29(20)21)19-5-9-24-22(26-19)25-18-7-11-30-12-8-18/h1-6,9-10,14,18H,7-8,11-13H2,(H,24,25,26). The van der Waals surface area contributed by atoms with Crippen molar-refractivity contribution in [3.8, 4) is 11.3 Å². The lowest BCUT2D eigenvalue weighted by Crippen LogP contribution is -2.28. The number of nitrogens with zero attached hydrogens (tertiary/aromatic N) is 5. The molecule has 1 aliphatic rings. The molecule has 0 bridgehead atoms. The molecule has 3 aromatic heterocycles. The smallest absolute Gasteiger partial charge is 0.223 e. The van der Waals surface area contributed by atoms with Crippen molar-refractivity contribution in [2.75, 3.05) is 18.5 Å². The fourth-order valence-corrected chi connectivity index (χ4v) is 3.74. The molecule has 1 aliphatic heterocycles. The van der Waals surface area contributed by atoms with Gasteiger partial charge in [0.05, 0.1) is 5.69 Å². The second-order valence-corrected chi connectivity index (χ2v) is 7.80. The summed E-state index contributed by atoms with van der Waals surface area (Å²) in [5.41, 5.74) is 3.75. The highest BCUT2D eigenvalue weighted by Crippen LogP contribution is 2.21. The van der Waals surface area contributed by atoms with Crippen LogP contribution in [0.5, 0.6) is 0 Å². The number of fused-ring (bicyclic) bond motifs is 1. The molecule has 0 atom stereocenters. The van der Waals surface area contributed by atoms with Crippen molar-refractivity contribution in [3.05, 3.63) is 71.3 Å². The summed E-state index contributed by atoms with van der Waals surface area (Å²) < 4.78 is 7.41. The number of ether oxygens (including phenoxy) is 1. The molecular formula is C22H21ClN6O. The first-order chi connectivity index (χ1) is 14.7. The van der Waals surface area contributed by atoms with E-state index in [2.05, 4.69) is 20.5 Å². The average molecular weight is 421 g/mol. The van der Waals surface area contributed by atoms with Crippen LogP contribution in [0.4, 0.5) is 5.95 Å². The van der Waals surface area contributed by atoms with Crippen molar-refractivity contribution in [2.45, 2.75) is 25.3 Å². The number of benzene rings is 1. The molecule has 152 valence electrons. The van der Waals surface area contributed by atoms with Crippen LogP contribution in [-0.2, 0) is 11.2 Å². The van der Waals surface area contributed by atoms with Crippen molar-refractivity contribution in [1.82, 2.24) is 24.6 Å². The van der Waals surface area contributed by atoms with Gasteiger partial charge in [-0.15, -0.1) is 10.2 Å². The third-order valence-electron chi connectivity index (χ3n) is 5.26. The van der Waals surface area contributed by atoms with Gasteiger partial charge in [-0.2, -0.15) is 0 Å². The van der Waals surface area contributed by atoms with E-state index >= 15 is 0 Å². The maximum absolute atomic E-state index is 5.98. The molecule has 0 aliphatic carbocycles. The van der Waals surface area contributed by atoms with Crippen molar-refractivity contribution in [1.29, 1.82) is 0 Å². The first-order valence-corrected chi connectivity index (χ1v) is 10.4. The Bertz CT molecular complexity index is 1150. The fourth-order valence-electron chi connectivity index (χ4n) is 3.62. The highest BCUT2D eigenvalue weighted by atomic mass is 35.5. The van der Waals surface area contributed by atoms with E-state index in [0.717, 1.165) is 59.4 Å². The molecule has 5 rings (SSSR count). The van der Waals surface area contributed by atoms with Gasteiger partial charge in [-0.25, -0.2) is 9.97 Å². The minimum atomic E-state index is 0.350. The van der Waals surface area contributed by atoms with Gasteiger partial charge in [0.2, 0.25) is 5.95 Å². The number of halogens is 1. The number of hydrogen-bond donors (Lipinski definition) is 1. The van der Waals surface area contributed by atoms with E-state index in [-0.39, 0.29) is 0 Å². The third kappa shape index (κ3) is 4.13. The van der Waals surface area contributed by atoms with Crippen LogP contribution in [0.3, 0.4) is 0 Å². The van der Waals surface area contributed by atoms with Gasteiger partial charge in [0.15, 0.2) is 5.65 Å². The molecule has 1 saturated heterocycles. The predicted octanol–water partition coefficient (Wildman–Crippen LogP) is 4.02. The van der Waals surface area contributed by atoms with Gasteiger partial charge in [0.1, 0.15) is 5.82 Å². The Labute approximate surface area is 179 Å². The summed E-state index contributed by atoms with van der Waals surface area (Å²) in [6.07, 6.45) is 6.39. The number of nitrogens with one attached hydrogen (secondary N) is 1. The lowest BCUT2D eigenvalue weighted by molar-refractivity contribution is 0.0903. The van der Waals surface area contributed by atoms with Crippen LogP contribution in [0.1, 0.15) is 24.2 Å². The normalized spacial score (nSPS) is 14.8. The second kappa shape index (κ2) is 8.38. The Kier molecular flexibility index (Phi) is 5.29. The zero-order valence-corrected chi connectivity index (χ0v) is 17.1. The molecule has 4 aromatic rings. The van der Waals surface area contributed by atoms with E-state index in [1.54, 1.807) is 6.20 Å². The quantitative estimate of drug-likeness (QED) is 0.525. The van der Waals surface area contributed by atoms with Crippen molar-refractivity contribution in [3.63, 3.8) is 0 Å². The van der Waals surface area contributed by atoms with E-state index in [9.17, 15) is 0 Å². The van der Waals surface area contributed by atoms with Crippen LogP contribution in [-0.4, -0.2) is 43.8 Å². The lowest BCUT2D eigenvalue weighted by Gasteiger charge is -2.23. The van der Waals surface area contributed by atoms with Crippen LogP contribution in [0.25, 0.3) is 16.9 Å². The monoisotopic (exact) mass is 420 g/mol. The van der Waals surface area contributed by atoms with Gasteiger partial charge in [-0.3, -0.25) is 4.40 Å². The summed E-state index contributed by atoms with van der Waals surface area (Å²) in [6.45, 7) is 1.55. The van der Waals surface area contributed by atoms with E-state index < -0.39 is 0 Å². The Morgan fingerprint density at radius 3 is 2.73 bits per heavy atom. The average Bonchev–Trinajstić information content (AvgIpc) is 3.18. The van der Waals surface area contributed by atoms with Crippen LogP contribution in [0.15, 0.2) is 54.9 Å². The first kappa shape index (κ1) is 19.0. The Morgan fingerprint density at radius 1 is 1.07 bits per heavy atom. The largest absolute Gasteiger partial charge is 0.381 e. The Hall–Kier alpha value is -3.03. The lowest BCUT2D eigenvalue weighted by atomic mass is 10.1. The van der Waals surface area contributed by atoms with Gasteiger partial charge in [-0.1, -0.05) is 23.7 Å². The number of anilines is 1. The topological polar surface area (TPSA) is 77.2 Å². The van der Waals surface area contributed by atoms with Crippen molar-refractivity contribution < 1.29 is 4.74 Å². The number of aromatic nitrogens is 5. The summed E-state index contributed by atoms with van der Waals surface area (Å²) in [7, 11) is 0. The molecule has 0 saturated carbocycles. The summed E-state index contributed by atoms with van der Waals surface area (Å²) in [4.78, 5) is 9.07. The summed E-state index contributed by atoms with van der Waals surface area (Å²) in [5.74, 6) is 1.52. The van der Waals surface area contributed by atoms with Gasteiger partial charge in [0, 0.05) is 48.7 Å². The van der Waals surface area contributed by atoms with Crippen LogP contribution >= 0.6 is 11.6 Å². The first-order valence-electron chi connectivity index (χ1n) is 10.0. The second-order valence-electron chi connectivity index (χ2n) is 7.36. The van der Waals surface area contributed by atoms with Gasteiger partial charge >= 0.3 is 0 Å². The number of hydrogen-bond acceptors (Lipinski definition) is 6. The summed E-state index contributed by atoms with van der Waals surface area (Å²) in [5, 5.41) is 12.9. The molecular weight excluding hydrogens is 400 g/mol. The van der Waals surface area contributed by atoms with Crippen LogP contribution in [0.2, 0.25) is 5.02 Å². The maximum Gasteiger partial charge on any atom is 0.223 e. The van der Waals surface area contributed by atoms with Crippen molar-refractivity contribution >= 4 is 23.2 Å².